The molecule has 2 rings (SSSR count). The highest BCUT2D eigenvalue weighted by atomic mass is 35.5. The van der Waals surface area contributed by atoms with Gasteiger partial charge in [-0.05, 0) is 36.4 Å². The molecule has 0 aromatic heterocycles. The molecule has 0 saturated carbocycles. The highest BCUT2D eigenvalue weighted by Gasteiger charge is 2.12. The Hall–Kier alpha value is -2.05. The van der Waals surface area contributed by atoms with Gasteiger partial charge in [0.1, 0.15) is 0 Å². The largest absolute Gasteiger partial charge is 0.298 e. The van der Waals surface area contributed by atoms with Gasteiger partial charge in [-0.1, -0.05) is 17.7 Å². The fourth-order valence-electron chi connectivity index (χ4n) is 2.09. The predicted molar refractivity (Wildman–Crippen MR) is 79.6 cm³/mol. The molecular formula is C15H13ClF2N2O2. The van der Waals surface area contributed by atoms with E-state index in [-0.39, 0.29) is 5.69 Å². The van der Waals surface area contributed by atoms with Gasteiger partial charge in [0.2, 0.25) is 0 Å². The Morgan fingerprint density at radius 2 is 1.86 bits per heavy atom. The van der Waals surface area contributed by atoms with Gasteiger partial charge in [0.15, 0.2) is 11.6 Å². The molecule has 2 aromatic carbocycles. The van der Waals surface area contributed by atoms with Gasteiger partial charge in [-0.3, -0.25) is 15.0 Å². The minimum Gasteiger partial charge on any atom is -0.298 e. The molecule has 2 aromatic rings. The lowest BCUT2D eigenvalue weighted by atomic mass is 10.1. The van der Waals surface area contributed by atoms with E-state index in [9.17, 15) is 18.9 Å². The normalized spacial score (nSPS) is 11.0. The summed E-state index contributed by atoms with van der Waals surface area (Å²) in [5.41, 5.74) is 1.16. The molecule has 0 aliphatic carbocycles. The topological polar surface area (TPSA) is 46.4 Å². The van der Waals surface area contributed by atoms with Crippen LogP contribution in [-0.2, 0) is 13.1 Å². The number of non-ortho nitro benzene ring substituents is 1. The number of hydrogen-bond donors (Lipinski definition) is 0. The molecule has 0 saturated heterocycles. The summed E-state index contributed by atoms with van der Waals surface area (Å²) >= 11 is 6.04. The second kappa shape index (κ2) is 6.81. The maximum Gasteiger partial charge on any atom is 0.269 e. The SMILES string of the molecule is CN(Cc1ccc(F)c(F)c1)Cc1cc([N+](=O)[O-])ccc1Cl. The average Bonchev–Trinajstić information content (AvgIpc) is 2.45. The summed E-state index contributed by atoms with van der Waals surface area (Å²) in [4.78, 5) is 12.1. The number of halogens is 3. The number of hydrogen-bond acceptors (Lipinski definition) is 3. The van der Waals surface area contributed by atoms with Gasteiger partial charge in [0, 0.05) is 30.2 Å². The molecule has 0 atom stereocenters. The Balaban J connectivity index is 2.11. The number of nitrogens with zero attached hydrogens (tertiary/aromatic N) is 2. The summed E-state index contributed by atoms with van der Waals surface area (Å²) in [6, 6.07) is 7.90. The van der Waals surface area contributed by atoms with Crippen molar-refractivity contribution in [1.82, 2.24) is 4.90 Å². The van der Waals surface area contributed by atoms with E-state index < -0.39 is 16.6 Å². The summed E-state index contributed by atoms with van der Waals surface area (Å²) in [5, 5.41) is 11.2. The van der Waals surface area contributed by atoms with Crippen molar-refractivity contribution in [3.05, 3.63) is 74.3 Å². The van der Waals surface area contributed by atoms with Crippen LogP contribution in [0.5, 0.6) is 0 Å². The quantitative estimate of drug-likeness (QED) is 0.612. The van der Waals surface area contributed by atoms with E-state index >= 15 is 0 Å². The molecule has 0 unspecified atom stereocenters. The maximum atomic E-state index is 13.2. The molecule has 0 amide bonds. The third-order valence-corrected chi connectivity index (χ3v) is 3.49. The van der Waals surface area contributed by atoms with E-state index in [1.807, 2.05) is 0 Å². The van der Waals surface area contributed by atoms with Crippen molar-refractivity contribution in [3.63, 3.8) is 0 Å². The van der Waals surface area contributed by atoms with Crippen LogP contribution in [0.25, 0.3) is 0 Å². The summed E-state index contributed by atoms with van der Waals surface area (Å²) in [6.07, 6.45) is 0. The maximum absolute atomic E-state index is 13.2. The first-order valence-electron chi connectivity index (χ1n) is 6.42. The third-order valence-electron chi connectivity index (χ3n) is 3.12. The van der Waals surface area contributed by atoms with Crippen molar-refractivity contribution in [3.8, 4) is 0 Å². The summed E-state index contributed by atoms with van der Waals surface area (Å²) in [6.45, 7) is 0.704. The molecule has 0 fully saturated rings. The van der Waals surface area contributed by atoms with Crippen molar-refractivity contribution >= 4 is 17.3 Å². The first kappa shape index (κ1) is 16.3. The molecule has 0 heterocycles. The molecule has 0 aliphatic rings. The lowest BCUT2D eigenvalue weighted by molar-refractivity contribution is -0.384. The number of nitro benzene ring substituents is 1. The van der Waals surface area contributed by atoms with Crippen molar-refractivity contribution in [2.45, 2.75) is 13.1 Å². The second-order valence-electron chi connectivity index (χ2n) is 4.95. The fraction of sp³-hybridized carbons (Fsp3) is 0.200. The minimum atomic E-state index is -0.903. The summed E-state index contributed by atoms with van der Waals surface area (Å²) in [5.74, 6) is -1.80. The smallest absolute Gasteiger partial charge is 0.269 e. The molecule has 0 spiro atoms. The molecule has 7 heteroatoms. The van der Waals surface area contributed by atoms with Crippen LogP contribution in [0.4, 0.5) is 14.5 Å². The van der Waals surface area contributed by atoms with E-state index in [1.54, 1.807) is 11.9 Å². The summed E-state index contributed by atoms with van der Waals surface area (Å²) < 4.78 is 26.1. The minimum absolute atomic E-state index is 0.0411. The molecule has 22 heavy (non-hydrogen) atoms. The van der Waals surface area contributed by atoms with E-state index in [4.69, 9.17) is 11.6 Å². The van der Waals surface area contributed by atoms with Crippen molar-refractivity contribution in [2.75, 3.05) is 7.05 Å². The van der Waals surface area contributed by atoms with Gasteiger partial charge in [-0.2, -0.15) is 0 Å². The van der Waals surface area contributed by atoms with Gasteiger partial charge >= 0.3 is 0 Å². The van der Waals surface area contributed by atoms with Crippen molar-refractivity contribution in [2.24, 2.45) is 0 Å². The van der Waals surface area contributed by atoms with E-state index in [1.165, 1.54) is 24.3 Å². The zero-order valence-electron chi connectivity index (χ0n) is 11.7. The lowest BCUT2D eigenvalue weighted by Gasteiger charge is -2.17. The molecule has 0 bridgehead atoms. The number of rotatable bonds is 5. The first-order valence-corrected chi connectivity index (χ1v) is 6.80. The van der Waals surface area contributed by atoms with Crippen LogP contribution in [-0.4, -0.2) is 16.9 Å². The fourth-order valence-corrected chi connectivity index (χ4v) is 2.27. The second-order valence-corrected chi connectivity index (χ2v) is 5.36. The van der Waals surface area contributed by atoms with Crippen LogP contribution in [0.1, 0.15) is 11.1 Å². The van der Waals surface area contributed by atoms with Gasteiger partial charge < -0.3 is 0 Å². The van der Waals surface area contributed by atoms with Gasteiger partial charge in [-0.15, -0.1) is 0 Å². The lowest BCUT2D eigenvalue weighted by Crippen LogP contribution is -2.17. The van der Waals surface area contributed by atoms with Crippen LogP contribution >= 0.6 is 11.6 Å². The highest BCUT2D eigenvalue weighted by Crippen LogP contribution is 2.23. The Bertz CT molecular complexity index is 710. The van der Waals surface area contributed by atoms with Crippen LogP contribution in [0.15, 0.2) is 36.4 Å². The predicted octanol–water partition coefficient (Wildman–Crippen LogP) is 4.16. The Morgan fingerprint density at radius 3 is 2.50 bits per heavy atom. The first-order chi connectivity index (χ1) is 10.4. The average molecular weight is 327 g/mol. The molecular weight excluding hydrogens is 314 g/mol. The zero-order valence-corrected chi connectivity index (χ0v) is 12.5. The third kappa shape index (κ3) is 3.99. The Kier molecular flexibility index (Phi) is 5.05. The van der Waals surface area contributed by atoms with E-state index in [0.717, 1.165) is 12.1 Å². The Labute approximate surface area is 131 Å². The van der Waals surface area contributed by atoms with Crippen molar-refractivity contribution < 1.29 is 13.7 Å². The van der Waals surface area contributed by atoms with E-state index in [0.29, 0.717) is 29.2 Å². The zero-order chi connectivity index (χ0) is 16.3. The van der Waals surface area contributed by atoms with Crippen molar-refractivity contribution in [1.29, 1.82) is 0 Å². The van der Waals surface area contributed by atoms with E-state index in [2.05, 4.69) is 0 Å². The molecule has 116 valence electrons. The van der Waals surface area contributed by atoms with Crippen LogP contribution in [0.3, 0.4) is 0 Å². The van der Waals surface area contributed by atoms with Gasteiger partial charge in [0.25, 0.3) is 5.69 Å². The van der Waals surface area contributed by atoms with Crippen LogP contribution in [0.2, 0.25) is 5.02 Å². The van der Waals surface area contributed by atoms with Gasteiger partial charge in [-0.25, -0.2) is 8.78 Å². The molecule has 0 aliphatic heterocycles. The highest BCUT2D eigenvalue weighted by molar-refractivity contribution is 6.31. The number of nitro groups is 1. The van der Waals surface area contributed by atoms with Crippen LogP contribution < -0.4 is 0 Å². The summed E-state index contributed by atoms with van der Waals surface area (Å²) in [7, 11) is 1.76. The van der Waals surface area contributed by atoms with Gasteiger partial charge in [0.05, 0.1) is 4.92 Å². The Morgan fingerprint density at radius 1 is 1.14 bits per heavy atom. The molecule has 0 N–H and O–H groups in total. The molecule has 4 nitrogen and oxygen atoms in total. The monoisotopic (exact) mass is 326 g/mol. The standard InChI is InChI=1S/C15H13ClF2N2O2/c1-19(8-10-2-5-14(17)15(18)6-10)9-11-7-12(20(21)22)3-4-13(11)16/h2-7H,8-9H2,1H3. The number of benzene rings is 2. The van der Waals surface area contributed by atoms with Crippen LogP contribution in [0, 0.1) is 21.7 Å². The molecule has 0 radical (unpaired) electrons.